The number of morpholine rings is 1. The molecule has 7 heteroatoms. The molecule has 0 aliphatic carbocycles. The zero-order valence-electron chi connectivity index (χ0n) is 13.8. The maximum atomic E-state index is 13.0. The SMILES string of the molecule is O=C(Cc1ccc(F)cc1)N1Cc2cnc(N3CCOCC3)nc2C1. The van der Waals surface area contributed by atoms with Gasteiger partial charge in [0, 0.05) is 31.4 Å². The molecular weight excluding hydrogens is 323 g/mol. The van der Waals surface area contributed by atoms with Gasteiger partial charge in [0.25, 0.3) is 0 Å². The Labute approximate surface area is 145 Å². The van der Waals surface area contributed by atoms with Crippen molar-refractivity contribution in [3.05, 3.63) is 53.1 Å². The lowest BCUT2D eigenvalue weighted by molar-refractivity contribution is -0.131. The average Bonchev–Trinajstić information content (AvgIpc) is 3.08. The lowest BCUT2D eigenvalue weighted by atomic mass is 10.1. The molecular formula is C18H19FN4O2. The molecule has 130 valence electrons. The minimum atomic E-state index is -0.296. The number of anilines is 1. The van der Waals surface area contributed by atoms with Crippen molar-refractivity contribution in [3.63, 3.8) is 0 Å². The van der Waals surface area contributed by atoms with Gasteiger partial charge in [-0.1, -0.05) is 12.1 Å². The van der Waals surface area contributed by atoms with E-state index in [2.05, 4.69) is 14.9 Å². The van der Waals surface area contributed by atoms with Gasteiger partial charge < -0.3 is 14.5 Å². The number of amides is 1. The van der Waals surface area contributed by atoms with E-state index in [1.54, 1.807) is 17.0 Å². The van der Waals surface area contributed by atoms with Crippen molar-refractivity contribution in [3.8, 4) is 0 Å². The molecule has 0 unspecified atom stereocenters. The number of nitrogens with zero attached hydrogens (tertiary/aromatic N) is 4. The summed E-state index contributed by atoms with van der Waals surface area (Å²) in [6.07, 6.45) is 2.08. The van der Waals surface area contributed by atoms with Crippen LogP contribution in [-0.4, -0.2) is 47.1 Å². The number of fused-ring (bicyclic) bond motifs is 1. The zero-order valence-corrected chi connectivity index (χ0v) is 13.8. The van der Waals surface area contributed by atoms with E-state index in [1.807, 2.05) is 6.20 Å². The van der Waals surface area contributed by atoms with Crippen LogP contribution < -0.4 is 4.90 Å². The first kappa shape index (κ1) is 16.0. The molecule has 4 rings (SSSR count). The molecule has 25 heavy (non-hydrogen) atoms. The maximum absolute atomic E-state index is 13.0. The van der Waals surface area contributed by atoms with Crippen LogP contribution >= 0.6 is 0 Å². The van der Waals surface area contributed by atoms with Crippen LogP contribution in [0.25, 0.3) is 0 Å². The number of benzene rings is 1. The second kappa shape index (κ2) is 6.76. The summed E-state index contributed by atoms with van der Waals surface area (Å²) >= 11 is 0. The Morgan fingerprint density at radius 2 is 1.92 bits per heavy atom. The van der Waals surface area contributed by atoms with Gasteiger partial charge in [0.1, 0.15) is 5.82 Å². The summed E-state index contributed by atoms with van der Waals surface area (Å²) in [6, 6.07) is 6.04. The fourth-order valence-electron chi connectivity index (χ4n) is 3.12. The number of hydrogen-bond acceptors (Lipinski definition) is 5. The summed E-state index contributed by atoms with van der Waals surface area (Å²) in [5.74, 6) is 0.420. The van der Waals surface area contributed by atoms with Crippen LogP contribution in [0.5, 0.6) is 0 Å². The summed E-state index contributed by atoms with van der Waals surface area (Å²) in [5.41, 5.74) is 2.70. The predicted octanol–water partition coefficient (Wildman–Crippen LogP) is 1.54. The molecule has 0 radical (unpaired) electrons. The molecule has 1 fully saturated rings. The van der Waals surface area contributed by atoms with Crippen LogP contribution in [0.1, 0.15) is 16.8 Å². The molecule has 0 saturated carbocycles. The van der Waals surface area contributed by atoms with Gasteiger partial charge in [0.15, 0.2) is 0 Å². The second-order valence-corrected chi connectivity index (χ2v) is 6.29. The normalized spacial score (nSPS) is 16.8. The smallest absolute Gasteiger partial charge is 0.227 e. The van der Waals surface area contributed by atoms with E-state index in [4.69, 9.17) is 4.74 Å². The van der Waals surface area contributed by atoms with Crippen molar-refractivity contribution in [2.45, 2.75) is 19.5 Å². The van der Waals surface area contributed by atoms with Gasteiger partial charge in [-0.2, -0.15) is 0 Å². The van der Waals surface area contributed by atoms with Gasteiger partial charge in [0.2, 0.25) is 11.9 Å². The van der Waals surface area contributed by atoms with Gasteiger partial charge in [-0.25, -0.2) is 14.4 Å². The molecule has 1 aromatic heterocycles. The number of ether oxygens (including phenoxy) is 1. The van der Waals surface area contributed by atoms with E-state index >= 15 is 0 Å². The van der Waals surface area contributed by atoms with Gasteiger partial charge in [-0.3, -0.25) is 4.79 Å². The molecule has 6 nitrogen and oxygen atoms in total. The summed E-state index contributed by atoms with van der Waals surface area (Å²) < 4.78 is 18.3. The quantitative estimate of drug-likeness (QED) is 0.847. The molecule has 0 bridgehead atoms. The highest BCUT2D eigenvalue weighted by Crippen LogP contribution is 2.23. The Balaban J connectivity index is 1.43. The van der Waals surface area contributed by atoms with Crippen molar-refractivity contribution < 1.29 is 13.9 Å². The van der Waals surface area contributed by atoms with E-state index in [-0.39, 0.29) is 18.1 Å². The number of carbonyl (C=O) groups excluding carboxylic acids is 1. The zero-order chi connectivity index (χ0) is 17.2. The number of hydrogen-bond donors (Lipinski definition) is 0. The van der Waals surface area contributed by atoms with Gasteiger partial charge in [-0.05, 0) is 17.7 Å². The van der Waals surface area contributed by atoms with Crippen LogP contribution in [-0.2, 0) is 29.0 Å². The second-order valence-electron chi connectivity index (χ2n) is 6.29. The van der Waals surface area contributed by atoms with Crippen molar-refractivity contribution in [2.75, 3.05) is 31.2 Å². The van der Waals surface area contributed by atoms with Crippen LogP contribution in [0, 0.1) is 5.82 Å². The maximum Gasteiger partial charge on any atom is 0.227 e. The highest BCUT2D eigenvalue weighted by molar-refractivity contribution is 5.79. The van der Waals surface area contributed by atoms with Crippen molar-refractivity contribution in [1.29, 1.82) is 0 Å². The van der Waals surface area contributed by atoms with Crippen LogP contribution in [0.15, 0.2) is 30.5 Å². The Kier molecular flexibility index (Phi) is 4.31. The van der Waals surface area contributed by atoms with E-state index in [9.17, 15) is 9.18 Å². The molecule has 1 saturated heterocycles. The minimum Gasteiger partial charge on any atom is -0.378 e. The highest BCUT2D eigenvalue weighted by atomic mass is 19.1. The van der Waals surface area contributed by atoms with E-state index < -0.39 is 0 Å². The molecule has 1 aromatic carbocycles. The fourth-order valence-corrected chi connectivity index (χ4v) is 3.12. The summed E-state index contributed by atoms with van der Waals surface area (Å²) in [5, 5.41) is 0. The summed E-state index contributed by atoms with van der Waals surface area (Å²) in [4.78, 5) is 25.5. The Hall–Kier alpha value is -2.54. The fraction of sp³-hybridized carbons (Fsp3) is 0.389. The van der Waals surface area contributed by atoms with E-state index in [0.717, 1.165) is 29.9 Å². The molecule has 0 N–H and O–H groups in total. The van der Waals surface area contributed by atoms with E-state index in [1.165, 1.54) is 12.1 Å². The van der Waals surface area contributed by atoms with Crippen LogP contribution in [0.2, 0.25) is 0 Å². The van der Waals surface area contributed by atoms with E-state index in [0.29, 0.717) is 32.3 Å². The van der Waals surface area contributed by atoms with Crippen LogP contribution in [0.3, 0.4) is 0 Å². The monoisotopic (exact) mass is 342 g/mol. The Bertz CT molecular complexity index is 775. The molecule has 2 aliphatic heterocycles. The standard InChI is InChI=1S/C18H19FN4O2/c19-15-3-1-13(2-4-15)9-17(24)23-11-14-10-20-18(21-16(14)12-23)22-5-7-25-8-6-22/h1-4,10H,5-9,11-12H2. The highest BCUT2D eigenvalue weighted by Gasteiger charge is 2.26. The molecule has 2 aliphatic rings. The third-order valence-corrected chi connectivity index (χ3v) is 4.56. The molecule has 0 atom stereocenters. The third kappa shape index (κ3) is 3.46. The molecule has 1 amide bonds. The predicted molar refractivity (Wildman–Crippen MR) is 89.4 cm³/mol. The Morgan fingerprint density at radius 3 is 2.68 bits per heavy atom. The van der Waals surface area contributed by atoms with Crippen LogP contribution in [0.4, 0.5) is 10.3 Å². The van der Waals surface area contributed by atoms with Gasteiger partial charge in [0.05, 0.1) is 31.9 Å². The summed E-state index contributed by atoms with van der Waals surface area (Å²) in [6.45, 7) is 3.96. The number of halogens is 1. The lowest BCUT2D eigenvalue weighted by Gasteiger charge is -2.26. The first-order valence-corrected chi connectivity index (χ1v) is 8.39. The number of carbonyl (C=O) groups is 1. The molecule has 2 aromatic rings. The van der Waals surface area contributed by atoms with Crippen molar-refractivity contribution in [2.24, 2.45) is 0 Å². The third-order valence-electron chi connectivity index (χ3n) is 4.56. The summed E-state index contributed by atoms with van der Waals surface area (Å²) in [7, 11) is 0. The molecule has 0 spiro atoms. The largest absolute Gasteiger partial charge is 0.378 e. The van der Waals surface area contributed by atoms with Crippen molar-refractivity contribution in [1.82, 2.24) is 14.9 Å². The average molecular weight is 342 g/mol. The lowest BCUT2D eigenvalue weighted by Crippen LogP contribution is -2.37. The van der Waals surface area contributed by atoms with Gasteiger partial charge >= 0.3 is 0 Å². The first-order valence-electron chi connectivity index (χ1n) is 8.39. The van der Waals surface area contributed by atoms with Crippen molar-refractivity contribution >= 4 is 11.9 Å². The Morgan fingerprint density at radius 1 is 1.16 bits per heavy atom. The first-order chi connectivity index (χ1) is 12.2. The number of aromatic nitrogens is 2. The van der Waals surface area contributed by atoms with Gasteiger partial charge in [-0.15, -0.1) is 0 Å². The number of rotatable bonds is 3. The molecule has 3 heterocycles. The minimum absolute atomic E-state index is 0.0116. The topological polar surface area (TPSA) is 58.6 Å².